The van der Waals surface area contributed by atoms with Crippen LogP contribution in [0.25, 0.3) is 0 Å². The van der Waals surface area contributed by atoms with E-state index in [2.05, 4.69) is 0 Å². The van der Waals surface area contributed by atoms with E-state index in [0.717, 1.165) is 0 Å². The van der Waals surface area contributed by atoms with Gasteiger partial charge in [0.05, 0.1) is 0 Å². The van der Waals surface area contributed by atoms with Crippen molar-refractivity contribution < 1.29 is 18.7 Å². The van der Waals surface area contributed by atoms with Crippen molar-refractivity contribution in [3.05, 3.63) is 35.6 Å². The maximum Gasteiger partial charge on any atom is 0.323 e. The molecule has 0 radical (unpaired) electrons. The van der Waals surface area contributed by atoms with E-state index in [4.69, 9.17) is 10.5 Å². The van der Waals surface area contributed by atoms with E-state index in [-0.39, 0.29) is 18.6 Å². The molecule has 1 atom stereocenters. The lowest BCUT2D eigenvalue weighted by Crippen LogP contribution is -2.37. The van der Waals surface area contributed by atoms with E-state index in [1.165, 1.54) is 24.3 Å². The summed E-state index contributed by atoms with van der Waals surface area (Å²) in [6, 6.07) is 4.44. The molecule has 110 valence electrons. The van der Waals surface area contributed by atoms with Crippen molar-refractivity contribution >= 4 is 11.8 Å². The van der Waals surface area contributed by atoms with Crippen LogP contribution in [0.1, 0.15) is 44.0 Å². The van der Waals surface area contributed by atoms with Gasteiger partial charge in [-0.15, -0.1) is 0 Å². The summed E-state index contributed by atoms with van der Waals surface area (Å²) in [5, 5.41) is 0. The van der Waals surface area contributed by atoms with Gasteiger partial charge < -0.3 is 10.5 Å². The van der Waals surface area contributed by atoms with Gasteiger partial charge in [0.15, 0.2) is 5.78 Å². The molecule has 0 spiro atoms. The number of benzene rings is 1. The number of rotatable bonds is 5. The van der Waals surface area contributed by atoms with Crippen LogP contribution in [0.15, 0.2) is 24.3 Å². The van der Waals surface area contributed by atoms with Crippen molar-refractivity contribution in [2.45, 2.75) is 45.3 Å². The Balaban J connectivity index is 2.48. The summed E-state index contributed by atoms with van der Waals surface area (Å²) in [6.07, 6.45) is 0.317. The molecule has 0 bridgehead atoms. The third-order valence-electron chi connectivity index (χ3n) is 2.56. The molecular weight excluding hydrogens is 261 g/mol. The second-order valence-electron chi connectivity index (χ2n) is 5.61. The van der Waals surface area contributed by atoms with E-state index < -0.39 is 23.4 Å². The van der Waals surface area contributed by atoms with Crippen LogP contribution in [0.2, 0.25) is 0 Å². The molecule has 1 aromatic rings. The molecule has 5 heteroatoms. The van der Waals surface area contributed by atoms with Crippen LogP contribution in [0, 0.1) is 5.82 Å². The Labute approximate surface area is 118 Å². The molecule has 4 nitrogen and oxygen atoms in total. The Morgan fingerprint density at radius 1 is 1.25 bits per heavy atom. The molecule has 0 fully saturated rings. The fraction of sp³-hybridized carbons (Fsp3) is 0.467. The molecular formula is C15H20FNO3. The van der Waals surface area contributed by atoms with E-state index in [1.807, 2.05) is 0 Å². The largest absolute Gasteiger partial charge is 0.459 e. The van der Waals surface area contributed by atoms with E-state index >= 15 is 0 Å². The van der Waals surface area contributed by atoms with Crippen molar-refractivity contribution in [1.82, 2.24) is 0 Å². The van der Waals surface area contributed by atoms with Gasteiger partial charge in [-0.25, -0.2) is 4.39 Å². The molecule has 0 heterocycles. The first-order chi connectivity index (χ1) is 9.19. The average Bonchev–Trinajstić information content (AvgIpc) is 2.34. The number of ether oxygens (including phenoxy) is 1. The number of esters is 1. The lowest BCUT2D eigenvalue weighted by atomic mass is 10.0. The highest BCUT2D eigenvalue weighted by atomic mass is 19.1. The zero-order chi connectivity index (χ0) is 15.3. The molecule has 1 rings (SSSR count). The molecule has 0 aliphatic rings. The average molecular weight is 281 g/mol. The quantitative estimate of drug-likeness (QED) is 0.665. The van der Waals surface area contributed by atoms with Gasteiger partial charge in [0, 0.05) is 12.0 Å². The van der Waals surface area contributed by atoms with Crippen molar-refractivity contribution in [3.8, 4) is 0 Å². The van der Waals surface area contributed by atoms with Crippen LogP contribution < -0.4 is 5.73 Å². The highest BCUT2D eigenvalue weighted by Gasteiger charge is 2.22. The third-order valence-corrected chi connectivity index (χ3v) is 2.56. The van der Waals surface area contributed by atoms with Gasteiger partial charge in [-0.05, 0) is 51.5 Å². The van der Waals surface area contributed by atoms with Crippen molar-refractivity contribution in [2.24, 2.45) is 5.73 Å². The highest BCUT2D eigenvalue weighted by molar-refractivity contribution is 5.96. The van der Waals surface area contributed by atoms with Gasteiger partial charge in [-0.2, -0.15) is 0 Å². The van der Waals surface area contributed by atoms with Gasteiger partial charge in [0.25, 0.3) is 0 Å². The summed E-state index contributed by atoms with van der Waals surface area (Å²) in [5.41, 5.74) is 5.49. The Morgan fingerprint density at radius 3 is 2.30 bits per heavy atom. The second kappa shape index (κ2) is 6.61. The summed E-state index contributed by atoms with van der Waals surface area (Å²) in [6.45, 7) is 5.25. The predicted octanol–water partition coefficient (Wildman–Crippen LogP) is 2.46. The maximum absolute atomic E-state index is 12.7. The summed E-state index contributed by atoms with van der Waals surface area (Å²) in [5.74, 6) is -1.10. The minimum Gasteiger partial charge on any atom is -0.459 e. The number of hydrogen-bond acceptors (Lipinski definition) is 4. The topological polar surface area (TPSA) is 69.4 Å². The Bertz CT molecular complexity index is 477. The molecule has 2 N–H and O–H groups in total. The standard InChI is InChI=1S/C15H20FNO3/c1-15(2,3)20-14(19)12(17)8-9-13(18)10-4-6-11(16)7-5-10/h4-7,12H,8-9,17H2,1-3H3. The number of ketones is 1. The predicted molar refractivity (Wildman–Crippen MR) is 73.8 cm³/mol. The second-order valence-corrected chi connectivity index (χ2v) is 5.61. The summed E-state index contributed by atoms with van der Waals surface area (Å²) in [7, 11) is 0. The fourth-order valence-corrected chi connectivity index (χ4v) is 1.56. The van der Waals surface area contributed by atoms with Crippen molar-refractivity contribution in [2.75, 3.05) is 0 Å². The summed E-state index contributed by atoms with van der Waals surface area (Å²) >= 11 is 0. The van der Waals surface area contributed by atoms with E-state index in [9.17, 15) is 14.0 Å². The molecule has 0 amide bonds. The number of carbonyl (C=O) groups excluding carboxylic acids is 2. The first-order valence-corrected chi connectivity index (χ1v) is 6.46. The fourth-order valence-electron chi connectivity index (χ4n) is 1.56. The summed E-state index contributed by atoms with van der Waals surface area (Å²) < 4.78 is 17.9. The van der Waals surface area contributed by atoms with Crippen LogP contribution in [-0.4, -0.2) is 23.4 Å². The van der Waals surface area contributed by atoms with Gasteiger partial charge in [-0.3, -0.25) is 9.59 Å². The van der Waals surface area contributed by atoms with Crippen molar-refractivity contribution in [1.29, 1.82) is 0 Å². The van der Waals surface area contributed by atoms with Crippen LogP contribution in [-0.2, 0) is 9.53 Å². The number of hydrogen-bond donors (Lipinski definition) is 1. The lowest BCUT2D eigenvalue weighted by molar-refractivity contribution is -0.156. The number of carbonyl (C=O) groups is 2. The number of nitrogens with two attached hydrogens (primary N) is 1. The lowest BCUT2D eigenvalue weighted by Gasteiger charge is -2.22. The minimum absolute atomic E-state index is 0.117. The SMILES string of the molecule is CC(C)(C)OC(=O)C(N)CCC(=O)c1ccc(F)cc1. The van der Waals surface area contributed by atoms with Gasteiger partial charge >= 0.3 is 5.97 Å². The smallest absolute Gasteiger partial charge is 0.323 e. The number of halogens is 1. The third kappa shape index (κ3) is 5.48. The van der Waals surface area contributed by atoms with Gasteiger partial charge in [0.2, 0.25) is 0 Å². The van der Waals surface area contributed by atoms with Gasteiger partial charge in [0.1, 0.15) is 17.5 Å². The molecule has 0 saturated carbocycles. The Kier molecular flexibility index (Phi) is 5.39. The Morgan fingerprint density at radius 2 is 1.80 bits per heavy atom. The first kappa shape index (κ1) is 16.3. The minimum atomic E-state index is -0.835. The molecule has 0 aliphatic carbocycles. The monoisotopic (exact) mass is 281 g/mol. The molecule has 0 saturated heterocycles. The molecule has 0 aliphatic heterocycles. The first-order valence-electron chi connectivity index (χ1n) is 6.46. The molecule has 20 heavy (non-hydrogen) atoms. The van der Waals surface area contributed by atoms with E-state index in [1.54, 1.807) is 20.8 Å². The van der Waals surface area contributed by atoms with Crippen LogP contribution in [0.3, 0.4) is 0 Å². The zero-order valence-corrected chi connectivity index (χ0v) is 12.0. The zero-order valence-electron chi connectivity index (χ0n) is 12.0. The number of Topliss-reactive ketones (excluding diaryl/α,β-unsaturated/α-hetero) is 1. The Hall–Kier alpha value is -1.75. The molecule has 1 unspecified atom stereocenters. The highest BCUT2D eigenvalue weighted by Crippen LogP contribution is 2.12. The maximum atomic E-state index is 12.7. The van der Waals surface area contributed by atoms with Crippen LogP contribution >= 0.6 is 0 Å². The van der Waals surface area contributed by atoms with Crippen LogP contribution in [0.4, 0.5) is 4.39 Å². The van der Waals surface area contributed by atoms with Crippen molar-refractivity contribution in [3.63, 3.8) is 0 Å². The molecule has 0 aromatic heterocycles. The summed E-state index contributed by atoms with van der Waals surface area (Å²) in [4.78, 5) is 23.5. The molecule has 1 aromatic carbocycles. The van der Waals surface area contributed by atoms with E-state index in [0.29, 0.717) is 5.56 Å². The van der Waals surface area contributed by atoms with Gasteiger partial charge in [-0.1, -0.05) is 0 Å². The van der Waals surface area contributed by atoms with Crippen LogP contribution in [0.5, 0.6) is 0 Å². The normalized spacial score (nSPS) is 12.8.